The molecular weight excluding hydrogens is 180 g/mol. The van der Waals surface area contributed by atoms with E-state index in [4.69, 9.17) is 0 Å². The zero-order valence-corrected chi connectivity index (χ0v) is 7.41. The summed E-state index contributed by atoms with van der Waals surface area (Å²) in [5.74, 6) is 0. The molecule has 0 saturated heterocycles. The molecule has 0 radical (unpaired) electrons. The van der Waals surface area contributed by atoms with Gasteiger partial charge in [-0.3, -0.25) is 9.98 Å². The Kier molecular flexibility index (Phi) is 2.65. The lowest BCUT2D eigenvalue weighted by molar-refractivity contribution is 1.27. The lowest BCUT2D eigenvalue weighted by atomic mass is 10.4. The van der Waals surface area contributed by atoms with E-state index in [0.717, 1.165) is 11.4 Å². The van der Waals surface area contributed by atoms with Crippen LogP contribution >= 0.6 is 0 Å². The maximum atomic E-state index is 3.95. The average Bonchev–Trinajstić information content (AvgIpc) is 2.86. The second kappa shape index (κ2) is 4.31. The van der Waals surface area contributed by atoms with Gasteiger partial charge in [0.2, 0.25) is 0 Å². The molecule has 0 amide bonds. The maximum absolute atomic E-state index is 3.95. The topological polar surface area (TPSA) is 74.2 Å². The average molecular weight is 188 g/mol. The van der Waals surface area contributed by atoms with Crippen molar-refractivity contribution in [2.24, 2.45) is 30.2 Å². The van der Waals surface area contributed by atoms with Crippen LogP contribution in [-0.4, -0.2) is 49.6 Å². The molecule has 0 aliphatic carbocycles. The zero-order chi connectivity index (χ0) is 9.64. The highest BCUT2D eigenvalue weighted by Crippen LogP contribution is 1.87. The van der Waals surface area contributed by atoms with Crippen LogP contribution in [0, 0.1) is 0 Å². The highest BCUT2D eigenvalue weighted by molar-refractivity contribution is 6.35. The minimum absolute atomic E-state index is 0.586. The van der Waals surface area contributed by atoms with E-state index in [0.29, 0.717) is 13.1 Å². The van der Waals surface area contributed by atoms with Crippen LogP contribution in [0.25, 0.3) is 0 Å². The predicted octanol–water partition coefficient (Wildman–Crippen LogP) is 0.00880. The van der Waals surface area contributed by atoms with Crippen molar-refractivity contribution in [1.82, 2.24) is 0 Å². The third-order valence-electron chi connectivity index (χ3n) is 1.60. The maximum Gasteiger partial charge on any atom is 0.110 e. The van der Waals surface area contributed by atoms with E-state index in [1.54, 1.807) is 12.4 Å². The fourth-order valence-corrected chi connectivity index (χ4v) is 0.929. The lowest BCUT2D eigenvalue weighted by Crippen LogP contribution is -2.01. The van der Waals surface area contributed by atoms with Crippen molar-refractivity contribution in [1.29, 1.82) is 0 Å². The minimum atomic E-state index is 0.586. The summed E-state index contributed by atoms with van der Waals surface area (Å²) in [4.78, 5) is 15.7. The van der Waals surface area contributed by atoms with E-state index in [-0.39, 0.29) is 0 Å². The van der Waals surface area contributed by atoms with Crippen molar-refractivity contribution in [3.05, 3.63) is 0 Å². The Hall–Kier alpha value is -1.98. The number of aliphatic imine (C=N–C) groups is 4. The lowest BCUT2D eigenvalue weighted by Gasteiger charge is -1.85. The highest BCUT2D eigenvalue weighted by atomic mass is 15.2. The first-order valence-electron chi connectivity index (χ1n) is 4.11. The minimum Gasteiger partial charge on any atom is -0.267 e. The van der Waals surface area contributed by atoms with Crippen molar-refractivity contribution in [3.8, 4) is 0 Å². The molecule has 2 heterocycles. The van der Waals surface area contributed by atoms with Crippen molar-refractivity contribution < 1.29 is 0 Å². The van der Waals surface area contributed by atoms with Gasteiger partial charge in [-0.15, -0.1) is 0 Å². The van der Waals surface area contributed by atoms with Crippen LogP contribution in [0.4, 0.5) is 0 Å². The van der Waals surface area contributed by atoms with Gasteiger partial charge in [0.15, 0.2) is 0 Å². The zero-order valence-electron chi connectivity index (χ0n) is 7.41. The van der Waals surface area contributed by atoms with Crippen LogP contribution in [0.1, 0.15) is 0 Å². The summed E-state index contributed by atoms with van der Waals surface area (Å²) in [6, 6.07) is 0. The fraction of sp³-hybridized carbons (Fsp3) is 0.250. The Morgan fingerprint density at radius 2 is 1.43 bits per heavy atom. The summed E-state index contributed by atoms with van der Waals surface area (Å²) in [5, 5.41) is 7.63. The second-order valence-electron chi connectivity index (χ2n) is 2.64. The molecule has 14 heavy (non-hydrogen) atoms. The van der Waals surface area contributed by atoms with E-state index >= 15 is 0 Å². The second-order valence-corrected chi connectivity index (χ2v) is 2.64. The molecule has 0 unspecified atom stereocenters. The summed E-state index contributed by atoms with van der Waals surface area (Å²) < 4.78 is 0. The summed E-state index contributed by atoms with van der Waals surface area (Å²) in [6.07, 6.45) is 6.19. The molecule has 6 heteroatoms. The van der Waals surface area contributed by atoms with Gasteiger partial charge in [-0.1, -0.05) is 0 Å². The number of nitrogens with zero attached hydrogens (tertiary/aromatic N) is 6. The molecule has 0 N–H and O–H groups in total. The molecule has 2 rings (SSSR count). The van der Waals surface area contributed by atoms with E-state index in [2.05, 4.69) is 30.2 Å². The predicted molar refractivity (Wildman–Crippen MR) is 58.6 cm³/mol. The molecule has 0 atom stereocenters. The van der Waals surface area contributed by atoms with Crippen LogP contribution in [0.15, 0.2) is 30.2 Å². The first kappa shape index (κ1) is 8.61. The molecule has 0 aromatic heterocycles. The van der Waals surface area contributed by atoms with Crippen molar-refractivity contribution in [3.63, 3.8) is 0 Å². The molecule has 70 valence electrons. The third-order valence-corrected chi connectivity index (χ3v) is 1.60. The Bertz CT molecular complexity index is 347. The molecule has 0 aromatic rings. The standard InChI is InChI=1S/C8H8N6/c1-7(11-5-9-1)3-13-14-4-8-2-10-6-12-8/h3-6H,1-2H2/b13-3+,14-4+. The first-order valence-corrected chi connectivity index (χ1v) is 4.11. The molecule has 0 saturated carbocycles. The Labute approximate surface area is 80.6 Å². The van der Waals surface area contributed by atoms with Crippen molar-refractivity contribution in [2.45, 2.75) is 0 Å². The van der Waals surface area contributed by atoms with E-state index < -0.39 is 0 Å². The number of rotatable bonds is 3. The van der Waals surface area contributed by atoms with Gasteiger partial charge >= 0.3 is 0 Å². The third kappa shape index (κ3) is 2.25. The van der Waals surface area contributed by atoms with Crippen LogP contribution < -0.4 is 0 Å². The van der Waals surface area contributed by atoms with E-state index in [9.17, 15) is 0 Å². The summed E-state index contributed by atoms with van der Waals surface area (Å²) in [7, 11) is 0. The number of hydrogen-bond acceptors (Lipinski definition) is 6. The van der Waals surface area contributed by atoms with E-state index in [1.807, 2.05) is 0 Å². The molecule has 0 bridgehead atoms. The molecule has 2 aliphatic rings. The normalized spacial score (nSPS) is 20.0. The summed E-state index contributed by atoms with van der Waals surface area (Å²) in [5.41, 5.74) is 1.62. The largest absolute Gasteiger partial charge is 0.267 e. The van der Waals surface area contributed by atoms with E-state index in [1.165, 1.54) is 12.7 Å². The quantitative estimate of drug-likeness (QED) is 0.442. The van der Waals surface area contributed by atoms with Gasteiger partial charge < -0.3 is 0 Å². The Morgan fingerprint density at radius 1 is 0.929 bits per heavy atom. The molecule has 0 aromatic carbocycles. The van der Waals surface area contributed by atoms with Gasteiger partial charge in [0, 0.05) is 0 Å². The molecule has 0 fully saturated rings. The van der Waals surface area contributed by atoms with Crippen LogP contribution in [-0.2, 0) is 0 Å². The molecule has 6 nitrogen and oxygen atoms in total. The van der Waals surface area contributed by atoms with Crippen LogP contribution in [0.5, 0.6) is 0 Å². The Balaban J connectivity index is 1.81. The van der Waals surface area contributed by atoms with Gasteiger partial charge in [-0.2, -0.15) is 10.2 Å². The van der Waals surface area contributed by atoms with Crippen molar-refractivity contribution >= 4 is 36.5 Å². The Morgan fingerprint density at radius 3 is 1.79 bits per heavy atom. The molecule has 2 aliphatic heterocycles. The SMILES string of the molecule is C1=NCC(/C=N/N=C/C2=NC=NC2)=N1. The van der Waals surface area contributed by atoms with Gasteiger partial charge in [-0.25, -0.2) is 9.98 Å². The van der Waals surface area contributed by atoms with Gasteiger partial charge in [0.05, 0.1) is 36.9 Å². The fourth-order valence-electron chi connectivity index (χ4n) is 0.929. The van der Waals surface area contributed by atoms with Gasteiger partial charge in [0.25, 0.3) is 0 Å². The monoisotopic (exact) mass is 188 g/mol. The van der Waals surface area contributed by atoms with Gasteiger partial charge in [0.1, 0.15) is 12.7 Å². The highest BCUT2D eigenvalue weighted by Gasteiger charge is 1.97. The van der Waals surface area contributed by atoms with Crippen LogP contribution in [0.2, 0.25) is 0 Å². The first-order chi connectivity index (χ1) is 6.95. The van der Waals surface area contributed by atoms with Gasteiger partial charge in [-0.05, 0) is 0 Å². The summed E-state index contributed by atoms with van der Waals surface area (Å²) >= 11 is 0. The van der Waals surface area contributed by atoms with Crippen LogP contribution in [0.3, 0.4) is 0 Å². The molecular formula is C8H8N6. The summed E-state index contributed by atoms with van der Waals surface area (Å²) in [6.45, 7) is 1.17. The smallest absolute Gasteiger partial charge is 0.110 e. The molecule has 0 spiro atoms. The van der Waals surface area contributed by atoms with Crippen molar-refractivity contribution in [2.75, 3.05) is 13.1 Å². The number of hydrogen-bond donors (Lipinski definition) is 0.